The van der Waals surface area contributed by atoms with Crippen molar-refractivity contribution < 1.29 is 23.1 Å². The van der Waals surface area contributed by atoms with Crippen LogP contribution in [0.15, 0.2) is 71.6 Å². The van der Waals surface area contributed by atoms with Gasteiger partial charge in [0.15, 0.2) is 5.78 Å². The number of nitriles is 1. The van der Waals surface area contributed by atoms with E-state index in [0.717, 1.165) is 0 Å². The molecule has 0 aliphatic rings. The molecule has 0 fully saturated rings. The molecule has 0 aliphatic carbocycles. The third kappa shape index (κ3) is 6.75. The number of carboxylic acids is 1. The molecule has 0 saturated carbocycles. The number of carboxylic acid groups (broad SMARTS) is 1. The summed E-state index contributed by atoms with van der Waals surface area (Å²) in [7, 11) is -3.73. The first-order valence-corrected chi connectivity index (χ1v) is 12.2. The smallest absolute Gasteiger partial charge is 0.303 e. The first kappa shape index (κ1) is 25.1. The molecule has 3 aromatic rings. The van der Waals surface area contributed by atoms with E-state index in [4.69, 9.17) is 22.0 Å². The SMILES string of the molecule is N#Cc1ccc(C(=O)c2cc(CCNS(=O)(=O)c3ccc(Cl)cc3)cc(CCC(=O)O)c2)cc1. The van der Waals surface area contributed by atoms with Crippen LogP contribution in [0.4, 0.5) is 0 Å². The van der Waals surface area contributed by atoms with Gasteiger partial charge in [-0.05, 0) is 84.6 Å². The van der Waals surface area contributed by atoms with Crippen molar-refractivity contribution in [1.29, 1.82) is 5.26 Å². The number of carbonyl (C=O) groups is 2. The first-order chi connectivity index (χ1) is 16.2. The van der Waals surface area contributed by atoms with E-state index in [9.17, 15) is 18.0 Å². The molecular formula is C25H21ClN2O5S. The number of nitrogens with zero attached hydrogens (tertiary/aromatic N) is 1. The zero-order valence-electron chi connectivity index (χ0n) is 18.0. The van der Waals surface area contributed by atoms with E-state index in [1.807, 2.05) is 6.07 Å². The first-order valence-electron chi connectivity index (χ1n) is 10.3. The average molecular weight is 497 g/mol. The summed E-state index contributed by atoms with van der Waals surface area (Å²) in [5.41, 5.74) is 2.54. The fraction of sp³-hybridized carbons (Fsp3) is 0.160. The van der Waals surface area contributed by atoms with Gasteiger partial charge in [0.25, 0.3) is 0 Å². The number of benzene rings is 3. The summed E-state index contributed by atoms with van der Waals surface area (Å²) >= 11 is 5.81. The monoisotopic (exact) mass is 496 g/mol. The van der Waals surface area contributed by atoms with Crippen molar-refractivity contribution in [3.05, 3.63) is 99.6 Å². The summed E-state index contributed by atoms with van der Waals surface area (Å²) in [5, 5.41) is 18.4. The van der Waals surface area contributed by atoms with Gasteiger partial charge in [-0.1, -0.05) is 17.7 Å². The highest BCUT2D eigenvalue weighted by atomic mass is 35.5. The second-order valence-corrected chi connectivity index (χ2v) is 9.76. The lowest BCUT2D eigenvalue weighted by Gasteiger charge is -2.11. The minimum atomic E-state index is -3.73. The van der Waals surface area contributed by atoms with Gasteiger partial charge in [-0.2, -0.15) is 5.26 Å². The fourth-order valence-electron chi connectivity index (χ4n) is 3.32. The number of rotatable bonds is 10. The van der Waals surface area contributed by atoms with Crippen molar-refractivity contribution in [2.24, 2.45) is 0 Å². The van der Waals surface area contributed by atoms with E-state index in [1.165, 1.54) is 24.3 Å². The van der Waals surface area contributed by atoms with Crippen LogP contribution < -0.4 is 4.72 Å². The van der Waals surface area contributed by atoms with Gasteiger partial charge in [0.1, 0.15) is 0 Å². The Bertz CT molecular complexity index is 1350. The predicted molar refractivity (Wildman–Crippen MR) is 127 cm³/mol. The molecule has 2 N–H and O–H groups in total. The molecule has 0 unspecified atom stereocenters. The van der Waals surface area contributed by atoms with Gasteiger partial charge in [0.05, 0.1) is 16.5 Å². The van der Waals surface area contributed by atoms with Gasteiger partial charge < -0.3 is 5.11 Å². The summed E-state index contributed by atoms with van der Waals surface area (Å²) in [4.78, 5) is 24.1. The minimum absolute atomic E-state index is 0.0812. The predicted octanol–water partition coefficient (Wildman–Crippen LogP) is 3.98. The van der Waals surface area contributed by atoms with Crippen molar-refractivity contribution in [3.8, 4) is 6.07 Å². The highest BCUT2D eigenvalue weighted by molar-refractivity contribution is 7.89. The molecule has 0 aliphatic heterocycles. The fourth-order valence-corrected chi connectivity index (χ4v) is 4.48. The second kappa shape index (κ2) is 11.1. The Labute approximate surface area is 202 Å². The lowest BCUT2D eigenvalue weighted by Crippen LogP contribution is -2.26. The third-order valence-corrected chi connectivity index (χ3v) is 6.78. The van der Waals surface area contributed by atoms with Crippen molar-refractivity contribution >= 4 is 33.4 Å². The van der Waals surface area contributed by atoms with Crippen LogP contribution in [0.2, 0.25) is 5.02 Å². The molecule has 174 valence electrons. The van der Waals surface area contributed by atoms with Crippen molar-refractivity contribution in [1.82, 2.24) is 4.72 Å². The van der Waals surface area contributed by atoms with E-state index in [-0.39, 0.29) is 30.1 Å². The second-order valence-electron chi connectivity index (χ2n) is 7.55. The lowest BCUT2D eigenvalue weighted by atomic mass is 9.95. The van der Waals surface area contributed by atoms with Gasteiger partial charge in [-0.15, -0.1) is 0 Å². The number of halogens is 1. The van der Waals surface area contributed by atoms with Gasteiger partial charge in [-0.3, -0.25) is 9.59 Å². The Balaban J connectivity index is 1.80. The molecule has 3 rings (SSSR count). The topological polar surface area (TPSA) is 124 Å². The van der Waals surface area contributed by atoms with Gasteiger partial charge in [0, 0.05) is 29.1 Å². The number of aryl methyl sites for hydroxylation is 1. The Kier molecular flexibility index (Phi) is 8.18. The Morgan fingerprint density at radius 2 is 1.53 bits per heavy atom. The summed E-state index contributed by atoms with van der Waals surface area (Å²) < 4.78 is 27.5. The summed E-state index contributed by atoms with van der Waals surface area (Å²) in [6.45, 7) is 0.0812. The molecule has 0 bridgehead atoms. The molecule has 34 heavy (non-hydrogen) atoms. The lowest BCUT2D eigenvalue weighted by molar-refractivity contribution is -0.136. The van der Waals surface area contributed by atoms with Crippen LogP contribution in [-0.4, -0.2) is 31.8 Å². The van der Waals surface area contributed by atoms with E-state index < -0.39 is 16.0 Å². The normalized spacial score (nSPS) is 11.1. The molecule has 7 nitrogen and oxygen atoms in total. The Morgan fingerprint density at radius 1 is 0.912 bits per heavy atom. The number of aliphatic carboxylic acids is 1. The molecule has 9 heteroatoms. The number of sulfonamides is 1. The number of ketones is 1. The molecule has 0 radical (unpaired) electrons. The van der Waals surface area contributed by atoms with Crippen LogP contribution in [0.5, 0.6) is 0 Å². The van der Waals surface area contributed by atoms with Crippen LogP contribution in [-0.2, 0) is 27.7 Å². The number of hydrogen-bond donors (Lipinski definition) is 2. The van der Waals surface area contributed by atoms with Gasteiger partial charge in [0.2, 0.25) is 10.0 Å². The van der Waals surface area contributed by atoms with Crippen molar-refractivity contribution in [3.63, 3.8) is 0 Å². The Hall–Kier alpha value is -3.51. The molecule has 0 saturated heterocycles. The van der Waals surface area contributed by atoms with E-state index in [2.05, 4.69) is 4.72 Å². The van der Waals surface area contributed by atoms with Crippen molar-refractivity contribution in [2.45, 2.75) is 24.2 Å². The Morgan fingerprint density at radius 3 is 2.12 bits per heavy atom. The molecule has 0 aromatic heterocycles. The quantitative estimate of drug-likeness (QED) is 0.409. The zero-order chi connectivity index (χ0) is 24.7. The van der Waals surface area contributed by atoms with Crippen LogP contribution in [0.3, 0.4) is 0 Å². The average Bonchev–Trinajstić information content (AvgIpc) is 2.82. The number of nitrogens with one attached hydrogen (secondary N) is 1. The van der Waals surface area contributed by atoms with Gasteiger partial charge in [-0.25, -0.2) is 13.1 Å². The standard InChI is InChI=1S/C25H21ClN2O5S/c26-22-6-8-23(9-7-22)34(32,33)28-12-11-19-13-18(3-10-24(29)30)14-21(15-19)25(31)20-4-1-17(16-27)2-5-20/h1-2,4-9,13-15,28H,3,10-12H2,(H,29,30). The van der Waals surface area contributed by atoms with Crippen LogP contribution in [0.1, 0.15) is 39.0 Å². The molecule has 3 aromatic carbocycles. The largest absolute Gasteiger partial charge is 0.481 e. The van der Waals surface area contributed by atoms with Gasteiger partial charge >= 0.3 is 5.97 Å². The minimum Gasteiger partial charge on any atom is -0.481 e. The van der Waals surface area contributed by atoms with E-state index in [0.29, 0.717) is 39.3 Å². The van der Waals surface area contributed by atoms with E-state index in [1.54, 1.807) is 42.5 Å². The summed E-state index contributed by atoms with van der Waals surface area (Å²) in [6, 6.07) is 19.1. The van der Waals surface area contributed by atoms with Crippen LogP contribution in [0, 0.1) is 11.3 Å². The maximum atomic E-state index is 13.0. The third-order valence-electron chi connectivity index (χ3n) is 5.05. The molecule has 0 spiro atoms. The number of hydrogen-bond acceptors (Lipinski definition) is 5. The maximum Gasteiger partial charge on any atom is 0.303 e. The van der Waals surface area contributed by atoms with Crippen LogP contribution in [0.25, 0.3) is 0 Å². The number of carbonyl (C=O) groups excluding carboxylic acids is 1. The molecule has 0 amide bonds. The van der Waals surface area contributed by atoms with E-state index >= 15 is 0 Å². The summed E-state index contributed by atoms with van der Waals surface area (Å²) in [6.07, 6.45) is 0.422. The molecule has 0 atom stereocenters. The molecule has 0 heterocycles. The van der Waals surface area contributed by atoms with Crippen molar-refractivity contribution in [2.75, 3.05) is 6.54 Å². The zero-order valence-corrected chi connectivity index (χ0v) is 19.6. The maximum absolute atomic E-state index is 13.0. The van der Waals surface area contributed by atoms with Crippen LogP contribution >= 0.6 is 11.6 Å². The molecular weight excluding hydrogens is 476 g/mol. The highest BCUT2D eigenvalue weighted by Gasteiger charge is 2.15. The highest BCUT2D eigenvalue weighted by Crippen LogP contribution is 2.18. The summed E-state index contributed by atoms with van der Waals surface area (Å²) in [5.74, 6) is -1.23.